The van der Waals surface area contributed by atoms with Crippen molar-refractivity contribution in [2.75, 3.05) is 12.4 Å². The Labute approximate surface area is 114 Å². The van der Waals surface area contributed by atoms with E-state index in [1.807, 2.05) is 19.1 Å². The normalized spacial score (nSPS) is 11.8. The smallest absolute Gasteiger partial charge is 0.326 e. The van der Waals surface area contributed by atoms with Gasteiger partial charge in [-0.05, 0) is 47.5 Å². The van der Waals surface area contributed by atoms with Crippen molar-refractivity contribution in [2.45, 2.75) is 19.9 Å². The molecule has 18 heavy (non-hydrogen) atoms. The number of anilines is 1. The van der Waals surface area contributed by atoms with Crippen molar-refractivity contribution in [2.24, 2.45) is 0 Å². The summed E-state index contributed by atoms with van der Waals surface area (Å²) in [6.45, 7) is 3.39. The molecule has 5 nitrogen and oxygen atoms in total. The average molecular weight is 315 g/mol. The number of benzene rings is 1. The maximum absolute atomic E-state index is 11.8. The summed E-state index contributed by atoms with van der Waals surface area (Å²) in [5, 5.41) is 11.5. The molecule has 1 aromatic carbocycles. The molecule has 0 heterocycles. The lowest BCUT2D eigenvalue weighted by atomic mass is 10.2. The van der Waals surface area contributed by atoms with E-state index < -0.39 is 18.0 Å². The first-order valence-corrected chi connectivity index (χ1v) is 6.15. The topological polar surface area (TPSA) is 69.6 Å². The van der Waals surface area contributed by atoms with Crippen LogP contribution in [0.1, 0.15) is 12.5 Å². The van der Waals surface area contributed by atoms with Crippen LogP contribution in [0, 0.1) is 6.92 Å². The third-order valence-corrected chi connectivity index (χ3v) is 3.28. The fraction of sp³-hybridized carbons (Fsp3) is 0.333. The van der Waals surface area contributed by atoms with Gasteiger partial charge >= 0.3 is 12.0 Å². The molecule has 0 aliphatic heterocycles. The van der Waals surface area contributed by atoms with Gasteiger partial charge in [0.2, 0.25) is 0 Å². The lowest BCUT2D eigenvalue weighted by Crippen LogP contribution is -2.42. The monoisotopic (exact) mass is 314 g/mol. The summed E-state index contributed by atoms with van der Waals surface area (Å²) < 4.78 is 0.757. The summed E-state index contributed by atoms with van der Waals surface area (Å²) >= 11 is 3.34. The Morgan fingerprint density at radius 2 is 2.06 bits per heavy atom. The second-order valence-corrected chi connectivity index (χ2v) is 4.89. The van der Waals surface area contributed by atoms with Gasteiger partial charge in [-0.3, -0.25) is 0 Å². The van der Waals surface area contributed by atoms with Crippen molar-refractivity contribution < 1.29 is 14.7 Å². The lowest BCUT2D eigenvalue weighted by Gasteiger charge is -2.22. The number of hydrogen-bond acceptors (Lipinski definition) is 2. The zero-order chi connectivity index (χ0) is 13.9. The minimum Gasteiger partial charge on any atom is -0.480 e. The molecule has 98 valence electrons. The summed E-state index contributed by atoms with van der Waals surface area (Å²) in [6.07, 6.45) is 0. The van der Waals surface area contributed by atoms with Crippen molar-refractivity contribution >= 4 is 33.6 Å². The molecular weight excluding hydrogens is 300 g/mol. The van der Waals surface area contributed by atoms with Crippen LogP contribution in [-0.2, 0) is 4.79 Å². The molecule has 1 rings (SSSR count). The zero-order valence-corrected chi connectivity index (χ0v) is 12.0. The van der Waals surface area contributed by atoms with Gasteiger partial charge in [-0.25, -0.2) is 9.59 Å². The first kappa shape index (κ1) is 14.5. The average Bonchev–Trinajstić information content (AvgIpc) is 2.30. The van der Waals surface area contributed by atoms with E-state index in [9.17, 15) is 9.59 Å². The molecule has 0 saturated carbocycles. The van der Waals surface area contributed by atoms with E-state index in [2.05, 4.69) is 21.2 Å². The van der Waals surface area contributed by atoms with Crippen LogP contribution in [0.2, 0.25) is 0 Å². The molecule has 0 aromatic heterocycles. The van der Waals surface area contributed by atoms with E-state index in [0.717, 1.165) is 14.9 Å². The third-order valence-electron chi connectivity index (χ3n) is 2.62. The molecular formula is C12H15BrN2O3. The molecule has 0 fully saturated rings. The first-order chi connectivity index (χ1) is 8.32. The fourth-order valence-electron chi connectivity index (χ4n) is 1.27. The van der Waals surface area contributed by atoms with Crippen molar-refractivity contribution in [3.05, 3.63) is 28.2 Å². The Kier molecular flexibility index (Phi) is 4.72. The summed E-state index contributed by atoms with van der Waals surface area (Å²) in [7, 11) is 1.44. The number of nitrogens with one attached hydrogen (secondary N) is 1. The maximum Gasteiger partial charge on any atom is 0.326 e. The van der Waals surface area contributed by atoms with Gasteiger partial charge in [0, 0.05) is 11.5 Å². The van der Waals surface area contributed by atoms with Gasteiger partial charge in [-0.15, -0.1) is 0 Å². The van der Waals surface area contributed by atoms with Crippen LogP contribution in [0.4, 0.5) is 10.5 Å². The number of halogens is 1. The van der Waals surface area contributed by atoms with E-state index in [1.54, 1.807) is 6.07 Å². The van der Waals surface area contributed by atoms with Gasteiger partial charge in [0.15, 0.2) is 0 Å². The largest absolute Gasteiger partial charge is 0.480 e. The quantitative estimate of drug-likeness (QED) is 0.901. The second-order valence-electron chi connectivity index (χ2n) is 4.04. The predicted octanol–water partition coefficient (Wildman–Crippen LogP) is 2.69. The van der Waals surface area contributed by atoms with Crippen LogP contribution in [0.5, 0.6) is 0 Å². The van der Waals surface area contributed by atoms with E-state index in [1.165, 1.54) is 14.0 Å². The number of rotatable bonds is 3. The van der Waals surface area contributed by atoms with E-state index in [-0.39, 0.29) is 0 Å². The van der Waals surface area contributed by atoms with Crippen LogP contribution in [0.25, 0.3) is 0 Å². The van der Waals surface area contributed by atoms with Crippen LogP contribution in [0.3, 0.4) is 0 Å². The standard InChI is InChI=1S/C12H15BrN2O3/c1-7-4-5-10(9(13)6-7)14-12(18)15(3)8(2)11(16)17/h4-6,8H,1-3H3,(H,14,18)(H,16,17). The van der Waals surface area contributed by atoms with E-state index in [4.69, 9.17) is 5.11 Å². The van der Waals surface area contributed by atoms with Crippen LogP contribution in [-0.4, -0.2) is 35.1 Å². The Hall–Kier alpha value is -1.56. The third kappa shape index (κ3) is 3.46. The van der Waals surface area contributed by atoms with Crippen molar-refractivity contribution in [3.63, 3.8) is 0 Å². The number of amides is 2. The molecule has 0 radical (unpaired) electrons. The highest BCUT2D eigenvalue weighted by Gasteiger charge is 2.21. The molecule has 0 bridgehead atoms. The second kappa shape index (κ2) is 5.86. The number of carbonyl (C=O) groups is 2. The van der Waals surface area contributed by atoms with Gasteiger partial charge in [-0.2, -0.15) is 0 Å². The number of likely N-dealkylation sites (N-methyl/N-ethyl adjacent to an activating group) is 1. The van der Waals surface area contributed by atoms with Crippen LogP contribution in [0.15, 0.2) is 22.7 Å². The zero-order valence-electron chi connectivity index (χ0n) is 10.4. The molecule has 0 saturated heterocycles. The van der Waals surface area contributed by atoms with Gasteiger partial charge in [0.1, 0.15) is 6.04 Å². The molecule has 0 aliphatic carbocycles. The molecule has 0 aliphatic rings. The fourth-order valence-corrected chi connectivity index (χ4v) is 1.86. The maximum atomic E-state index is 11.8. The molecule has 1 aromatic rings. The SMILES string of the molecule is Cc1ccc(NC(=O)N(C)C(C)C(=O)O)c(Br)c1. The van der Waals surface area contributed by atoms with Crippen molar-refractivity contribution in [3.8, 4) is 0 Å². The molecule has 1 unspecified atom stereocenters. The van der Waals surface area contributed by atoms with Crippen molar-refractivity contribution in [1.82, 2.24) is 4.90 Å². The van der Waals surface area contributed by atoms with Gasteiger partial charge in [-0.1, -0.05) is 6.07 Å². The van der Waals surface area contributed by atoms with Crippen LogP contribution >= 0.6 is 15.9 Å². The number of aryl methyl sites for hydroxylation is 1. The summed E-state index contributed by atoms with van der Waals surface area (Å²) in [6, 6.07) is 4.15. The number of urea groups is 1. The minimum atomic E-state index is -1.05. The Morgan fingerprint density at radius 3 is 2.56 bits per heavy atom. The first-order valence-electron chi connectivity index (χ1n) is 5.35. The van der Waals surface area contributed by atoms with E-state index in [0.29, 0.717) is 5.69 Å². The number of hydrogen-bond donors (Lipinski definition) is 2. The number of carboxylic acid groups (broad SMARTS) is 1. The molecule has 2 amide bonds. The number of aliphatic carboxylic acids is 1. The molecule has 1 atom stereocenters. The highest BCUT2D eigenvalue weighted by atomic mass is 79.9. The van der Waals surface area contributed by atoms with Gasteiger partial charge in [0.05, 0.1) is 5.69 Å². The molecule has 0 spiro atoms. The summed E-state index contributed by atoms with van der Waals surface area (Å²) in [5.74, 6) is -1.05. The van der Waals surface area contributed by atoms with Gasteiger partial charge < -0.3 is 15.3 Å². The number of carboxylic acids is 1. The molecule has 2 N–H and O–H groups in total. The van der Waals surface area contributed by atoms with Crippen LogP contribution < -0.4 is 5.32 Å². The Balaban J connectivity index is 2.78. The van der Waals surface area contributed by atoms with E-state index >= 15 is 0 Å². The highest BCUT2D eigenvalue weighted by Crippen LogP contribution is 2.23. The predicted molar refractivity (Wildman–Crippen MR) is 72.8 cm³/mol. The Bertz CT molecular complexity index is 476. The Morgan fingerprint density at radius 1 is 1.44 bits per heavy atom. The number of carbonyl (C=O) groups excluding carboxylic acids is 1. The van der Waals surface area contributed by atoms with Crippen molar-refractivity contribution in [1.29, 1.82) is 0 Å². The summed E-state index contributed by atoms with van der Waals surface area (Å²) in [4.78, 5) is 23.7. The lowest BCUT2D eigenvalue weighted by molar-refractivity contribution is -0.141. The van der Waals surface area contributed by atoms with Gasteiger partial charge in [0.25, 0.3) is 0 Å². The molecule has 6 heteroatoms. The minimum absolute atomic E-state index is 0.463. The summed E-state index contributed by atoms with van der Waals surface area (Å²) in [5.41, 5.74) is 1.67. The number of nitrogens with zero attached hydrogens (tertiary/aromatic N) is 1. The highest BCUT2D eigenvalue weighted by molar-refractivity contribution is 9.10.